The summed E-state index contributed by atoms with van der Waals surface area (Å²) in [6, 6.07) is 0. The van der Waals surface area contributed by atoms with E-state index in [9.17, 15) is 9.59 Å². The Balaban J connectivity index is 4.24. The Morgan fingerprint density at radius 1 is 0.397 bits per heavy atom. The Bertz CT molecular complexity index is 1010. The number of rotatable bonds is 45. The van der Waals surface area contributed by atoms with Crippen LogP contribution in [0.3, 0.4) is 0 Å². The van der Waals surface area contributed by atoms with Crippen LogP contribution < -0.4 is 0 Å². The zero-order chi connectivity index (χ0) is 42.1. The van der Waals surface area contributed by atoms with Gasteiger partial charge in [-0.15, -0.1) is 0 Å². The van der Waals surface area contributed by atoms with Crippen molar-refractivity contribution in [2.75, 3.05) is 19.8 Å². The molecule has 0 fully saturated rings. The largest absolute Gasteiger partial charge is 0.462 e. The van der Waals surface area contributed by atoms with Crippen molar-refractivity contribution in [1.29, 1.82) is 0 Å². The molecule has 1 unspecified atom stereocenters. The van der Waals surface area contributed by atoms with Crippen molar-refractivity contribution >= 4 is 11.9 Å². The molecule has 0 saturated heterocycles. The highest BCUT2D eigenvalue weighted by atomic mass is 16.6. The van der Waals surface area contributed by atoms with Crippen LogP contribution in [0, 0.1) is 0 Å². The fourth-order valence-electron chi connectivity index (χ4n) is 6.89. The number of esters is 2. The first-order valence-corrected chi connectivity index (χ1v) is 24.8. The minimum absolute atomic E-state index is 0.0705. The summed E-state index contributed by atoms with van der Waals surface area (Å²) in [5, 5.41) is 0. The molecule has 0 rings (SSSR count). The molecule has 0 N–H and O–H groups in total. The standard InChI is InChI=1S/C53H94O5/c1-4-7-10-13-16-19-21-23-25-26-27-28-29-30-32-35-37-40-43-46-52(54)57-50-51(58-53(55)47-44-41-38-34-18-15-12-9-6-3)49-56-48-45-42-39-36-33-31-24-22-20-17-14-11-8-5-2/h7,10,16,19,23,25,27-28,30,32,51H,4-6,8-9,11-15,17-18,20-22,24,26,29,31,33-50H2,1-3H3/b10-7-,19-16-,25-23-,28-27-,32-30-. The van der Waals surface area contributed by atoms with Crippen LogP contribution in [0.2, 0.25) is 0 Å². The summed E-state index contributed by atoms with van der Waals surface area (Å²) in [6.45, 7) is 7.69. The van der Waals surface area contributed by atoms with E-state index in [0.29, 0.717) is 19.4 Å². The molecule has 0 amide bonds. The summed E-state index contributed by atoms with van der Waals surface area (Å²) in [4.78, 5) is 25.3. The van der Waals surface area contributed by atoms with E-state index in [1.54, 1.807) is 0 Å². The summed E-state index contributed by atoms with van der Waals surface area (Å²) in [5.41, 5.74) is 0. The van der Waals surface area contributed by atoms with Gasteiger partial charge in [-0.1, -0.05) is 223 Å². The Morgan fingerprint density at radius 2 is 0.776 bits per heavy atom. The van der Waals surface area contributed by atoms with E-state index < -0.39 is 6.10 Å². The SMILES string of the molecule is CC/C=C\C/C=C\C/C=C\C/C=C\C/C=C\CCCCCC(=O)OCC(COCCCCCCCCCCCCCCCC)OC(=O)CCCCCCCCCCC. The van der Waals surface area contributed by atoms with Gasteiger partial charge in [0.1, 0.15) is 6.61 Å². The minimum atomic E-state index is -0.544. The molecule has 336 valence electrons. The highest BCUT2D eigenvalue weighted by molar-refractivity contribution is 5.70. The van der Waals surface area contributed by atoms with Crippen LogP contribution in [0.15, 0.2) is 60.8 Å². The second-order valence-electron chi connectivity index (χ2n) is 16.4. The lowest BCUT2D eigenvalue weighted by Crippen LogP contribution is -2.30. The highest BCUT2D eigenvalue weighted by Crippen LogP contribution is 2.14. The predicted octanol–water partition coefficient (Wildman–Crippen LogP) is 16.6. The lowest BCUT2D eigenvalue weighted by molar-refractivity contribution is -0.163. The van der Waals surface area contributed by atoms with Gasteiger partial charge in [0.15, 0.2) is 6.10 Å². The number of ether oxygens (including phenoxy) is 3. The van der Waals surface area contributed by atoms with Gasteiger partial charge in [-0.25, -0.2) is 0 Å². The summed E-state index contributed by atoms with van der Waals surface area (Å²) in [7, 11) is 0. The highest BCUT2D eigenvalue weighted by Gasteiger charge is 2.17. The number of carbonyl (C=O) groups is 2. The molecule has 0 bridgehead atoms. The summed E-state index contributed by atoms with van der Waals surface area (Å²) < 4.78 is 17.3. The molecule has 0 radical (unpaired) electrons. The number of allylic oxidation sites excluding steroid dienone is 10. The summed E-state index contributed by atoms with van der Waals surface area (Å²) >= 11 is 0. The molecule has 0 aromatic heterocycles. The minimum Gasteiger partial charge on any atom is -0.462 e. The van der Waals surface area contributed by atoms with E-state index in [0.717, 1.165) is 83.5 Å². The zero-order valence-corrected chi connectivity index (χ0v) is 38.6. The summed E-state index contributed by atoms with van der Waals surface area (Å²) in [5.74, 6) is -0.430. The third-order valence-corrected chi connectivity index (χ3v) is 10.6. The fourth-order valence-corrected chi connectivity index (χ4v) is 6.89. The van der Waals surface area contributed by atoms with Crippen LogP contribution in [0.5, 0.6) is 0 Å². The van der Waals surface area contributed by atoms with Gasteiger partial charge in [-0.2, -0.15) is 0 Å². The van der Waals surface area contributed by atoms with E-state index in [2.05, 4.69) is 81.5 Å². The molecule has 5 heteroatoms. The van der Waals surface area contributed by atoms with Gasteiger partial charge < -0.3 is 14.2 Å². The molecule has 0 aliphatic carbocycles. The van der Waals surface area contributed by atoms with Crippen molar-refractivity contribution < 1.29 is 23.8 Å². The van der Waals surface area contributed by atoms with E-state index >= 15 is 0 Å². The molecule has 0 spiro atoms. The van der Waals surface area contributed by atoms with Crippen molar-refractivity contribution in [2.45, 2.75) is 245 Å². The molecule has 0 aliphatic rings. The van der Waals surface area contributed by atoms with Gasteiger partial charge in [-0.3, -0.25) is 9.59 Å². The van der Waals surface area contributed by atoms with E-state index in [-0.39, 0.29) is 25.2 Å². The predicted molar refractivity (Wildman–Crippen MR) is 251 cm³/mol. The Morgan fingerprint density at radius 3 is 1.24 bits per heavy atom. The van der Waals surface area contributed by atoms with Crippen LogP contribution in [-0.2, 0) is 23.8 Å². The molecule has 0 aromatic carbocycles. The van der Waals surface area contributed by atoms with Gasteiger partial charge in [0.25, 0.3) is 0 Å². The maximum atomic E-state index is 12.7. The average molecular weight is 811 g/mol. The quantitative estimate of drug-likeness (QED) is 0.0348. The Hall–Kier alpha value is -2.40. The summed E-state index contributed by atoms with van der Waals surface area (Å²) in [6.07, 6.45) is 60.8. The molecule has 58 heavy (non-hydrogen) atoms. The molecule has 1 atom stereocenters. The second-order valence-corrected chi connectivity index (χ2v) is 16.4. The van der Waals surface area contributed by atoms with Gasteiger partial charge in [0.2, 0.25) is 0 Å². The Kier molecular flexibility index (Phi) is 46.9. The molecule has 0 saturated carbocycles. The van der Waals surface area contributed by atoms with Crippen molar-refractivity contribution in [3.05, 3.63) is 60.8 Å². The van der Waals surface area contributed by atoms with E-state index in [4.69, 9.17) is 14.2 Å². The number of hydrogen-bond acceptors (Lipinski definition) is 5. The topological polar surface area (TPSA) is 61.8 Å². The van der Waals surface area contributed by atoms with Crippen LogP contribution >= 0.6 is 0 Å². The van der Waals surface area contributed by atoms with Crippen LogP contribution in [0.4, 0.5) is 0 Å². The van der Waals surface area contributed by atoms with Crippen molar-refractivity contribution in [3.8, 4) is 0 Å². The lowest BCUT2D eigenvalue weighted by atomic mass is 10.0. The number of carbonyl (C=O) groups excluding carboxylic acids is 2. The smallest absolute Gasteiger partial charge is 0.306 e. The van der Waals surface area contributed by atoms with Crippen molar-refractivity contribution in [1.82, 2.24) is 0 Å². The molecular formula is C53H94O5. The first-order valence-electron chi connectivity index (χ1n) is 24.8. The Labute approximate surface area is 360 Å². The first-order chi connectivity index (χ1) is 28.6. The molecule has 0 aromatic rings. The van der Waals surface area contributed by atoms with Crippen molar-refractivity contribution in [2.24, 2.45) is 0 Å². The van der Waals surface area contributed by atoms with Gasteiger partial charge in [0, 0.05) is 19.4 Å². The van der Waals surface area contributed by atoms with Gasteiger partial charge >= 0.3 is 11.9 Å². The molecule has 5 nitrogen and oxygen atoms in total. The first kappa shape index (κ1) is 55.6. The maximum absolute atomic E-state index is 12.7. The van der Waals surface area contributed by atoms with Gasteiger partial charge in [0.05, 0.1) is 6.61 Å². The molecule has 0 heterocycles. The van der Waals surface area contributed by atoms with E-state index in [1.807, 2.05) is 0 Å². The molecule has 0 aliphatic heterocycles. The third-order valence-electron chi connectivity index (χ3n) is 10.6. The fraction of sp³-hybridized carbons (Fsp3) is 0.774. The third kappa shape index (κ3) is 46.3. The number of hydrogen-bond donors (Lipinski definition) is 0. The normalized spacial score (nSPS) is 12.7. The van der Waals surface area contributed by atoms with E-state index in [1.165, 1.54) is 122 Å². The molecular weight excluding hydrogens is 717 g/mol. The number of unbranched alkanes of at least 4 members (excludes halogenated alkanes) is 24. The van der Waals surface area contributed by atoms with Crippen LogP contribution in [0.25, 0.3) is 0 Å². The van der Waals surface area contributed by atoms with Crippen LogP contribution in [-0.4, -0.2) is 37.9 Å². The zero-order valence-electron chi connectivity index (χ0n) is 38.6. The lowest BCUT2D eigenvalue weighted by Gasteiger charge is -2.18. The second kappa shape index (κ2) is 49.0. The average Bonchev–Trinajstić information content (AvgIpc) is 3.22. The van der Waals surface area contributed by atoms with Gasteiger partial charge in [-0.05, 0) is 64.2 Å². The monoisotopic (exact) mass is 811 g/mol. The van der Waals surface area contributed by atoms with Crippen LogP contribution in [0.1, 0.15) is 239 Å². The maximum Gasteiger partial charge on any atom is 0.306 e. The van der Waals surface area contributed by atoms with Crippen molar-refractivity contribution in [3.63, 3.8) is 0 Å².